The van der Waals surface area contributed by atoms with Crippen LogP contribution in [0.25, 0.3) is 0 Å². The summed E-state index contributed by atoms with van der Waals surface area (Å²) >= 11 is 0. The molecule has 3 heteroatoms. The number of likely N-dealkylation sites (N-methyl/N-ethyl adjacent to an activating group) is 1. The third-order valence-electron chi connectivity index (χ3n) is 3.70. The van der Waals surface area contributed by atoms with Crippen LogP contribution in [0.3, 0.4) is 0 Å². The highest BCUT2D eigenvalue weighted by atomic mass is 16.5. The first kappa shape index (κ1) is 14.5. The number of hydrogen-bond acceptors (Lipinski definition) is 3. The van der Waals surface area contributed by atoms with Gasteiger partial charge in [0.15, 0.2) is 0 Å². The van der Waals surface area contributed by atoms with Crippen LogP contribution in [0, 0.1) is 0 Å². The van der Waals surface area contributed by atoms with Gasteiger partial charge in [-0.05, 0) is 37.6 Å². The first-order valence-corrected chi connectivity index (χ1v) is 7.36. The van der Waals surface area contributed by atoms with Crippen molar-refractivity contribution >= 4 is 0 Å². The van der Waals surface area contributed by atoms with Crippen molar-refractivity contribution in [3.05, 3.63) is 35.4 Å². The summed E-state index contributed by atoms with van der Waals surface area (Å²) in [7, 11) is 2.19. The Bertz CT molecular complexity index is 377. The lowest BCUT2D eigenvalue weighted by atomic mass is 10.1. The predicted molar refractivity (Wildman–Crippen MR) is 79.1 cm³/mol. The van der Waals surface area contributed by atoms with E-state index in [-0.39, 0.29) is 0 Å². The number of nitrogens with one attached hydrogen (secondary N) is 1. The minimum Gasteiger partial charge on any atom is -0.375 e. The molecule has 0 saturated heterocycles. The molecule has 0 unspecified atom stereocenters. The van der Waals surface area contributed by atoms with E-state index in [0.29, 0.717) is 0 Å². The van der Waals surface area contributed by atoms with Gasteiger partial charge in [0.1, 0.15) is 0 Å². The van der Waals surface area contributed by atoms with Crippen LogP contribution in [-0.4, -0.2) is 37.7 Å². The van der Waals surface area contributed by atoms with E-state index in [4.69, 9.17) is 4.74 Å². The molecule has 0 bridgehead atoms. The van der Waals surface area contributed by atoms with E-state index in [1.165, 1.54) is 24.0 Å². The van der Waals surface area contributed by atoms with Crippen LogP contribution in [0.2, 0.25) is 0 Å². The number of rotatable bonds is 9. The minimum absolute atomic E-state index is 0.722. The molecule has 1 aromatic rings. The summed E-state index contributed by atoms with van der Waals surface area (Å²) < 4.78 is 5.82. The molecule has 0 atom stereocenters. The van der Waals surface area contributed by atoms with Crippen molar-refractivity contribution in [2.45, 2.75) is 39.0 Å². The summed E-state index contributed by atoms with van der Waals surface area (Å²) in [6, 6.07) is 9.35. The van der Waals surface area contributed by atoms with Gasteiger partial charge < -0.3 is 15.0 Å². The van der Waals surface area contributed by atoms with Gasteiger partial charge in [-0.25, -0.2) is 0 Å². The van der Waals surface area contributed by atoms with Crippen molar-refractivity contribution in [2.75, 3.05) is 26.7 Å². The summed E-state index contributed by atoms with van der Waals surface area (Å²) in [6.07, 6.45) is 2.73. The van der Waals surface area contributed by atoms with E-state index < -0.39 is 0 Å². The van der Waals surface area contributed by atoms with Gasteiger partial charge >= 0.3 is 0 Å². The average molecular weight is 262 g/mol. The highest BCUT2D eigenvalue weighted by molar-refractivity contribution is 5.26. The maximum atomic E-state index is 5.82. The van der Waals surface area contributed by atoms with Gasteiger partial charge in [0.25, 0.3) is 0 Å². The first-order valence-electron chi connectivity index (χ1n) is 7.36. The Balaban J connectivity index is 1.71. The summed E-state index contributed by atoms with van der Waals surface area (Å²) in [6.45, 7) is 6.65. The molecule has 3 nitrogen and oxygen atoms in total. The van der Waals surface area contributed by atoms with Gasteiger partial charge in [0.2, 0.25) is 0 Å². The van der Waals surface area contributed by atoms with Gasteiger partial charge in [-0.2, -0.15) is 0 Å². The van der Waals surface area contributed by atoms with Crippen LogP contribution in [0.15, 0.2) is 24.3 Å². The lowest BCUT2D eigenvalue weighted by molar-refractivity contribution is 0.0973. The number of ether oxygens (including phenoxy) is 1. The van der Waals surface area contributed by atoms with E-state index in [2.05, 4.69) is 48.5 Å². The van der Waals surface area contributed by atoms with Gasteiger partial charge in [-0.3, -0.25) is 0 Å². The Kier molecular flexibility index (Phi) is 5.83. The highest BCUT2D eigenvalue weighted by Gasteiger charge is 2.25. The molecule has 0 spiro atoms. The number of hydrogen-bond donors (Lipinski definition) is 1. The molecule has 1 aliphatic rings. The smallest absolute Gasteiger partial charge is 0.0720 e. The van der Waals surface area contributed by atoms with Crippen molar-refractivity contribution in [3.63, 3.8) is 0 Å². The third-order valence-corrected chi connectivity index (χ3v) is 3.70. The molecule has 0 heterocycles. The molecule has 0 amide bonds. The maximum Gasteiger partial charge on any atom is 0.0720 e. The first-order chi connectivity index (χ1) is 9.31. The fourth-order valence-electron chi connectivity index (χ4n) is 2.22. The third kappa shape index (κ3) is 4.94. The zero-order valence-electron chi connectivity index (χ0n) is 12.2. The van der Waals surface area contributed by atoms with E-state index in [0.717, 1.165) is 38.9 Å². The van der Waals surface area contributed by atoms with E-state index >= 15 is 0 Å². The second-order valence-electron chi connectivity index (χ2n) is 5.31. The van der Waals surface area contributed by atoms with Crippen molar-refractivity contribution in [3.8, 4) is 0 Å². The van der Waals surface area contributed by atoms with E-state index in [1.54, 1.807) is 0 Å². The van der Waals surface area contributed by atoms with E-state index in [9.17, 15) is 0 Å². The van der Waals surface area contributed by atoms with Crippen LogP contribution in [0.4, 0.5) is 0 Å². The van der Waals surface area contributed by atoms with Crippen LogP contribution >= 0.6 is 0 Å². The Morgan fingerprint density at radius 2 is 2.00 bits per heavy atom. The average Bonchev–Trinajstić information content (AvgIpc) is 3.26. The zero-order chi connectivity index (χ0) is 13.5. The second kappa shape index (κ2) is 7.63. The SMILES string of the molecule is CCNCc1ccccc1COCCN(C)C1CC1. The largest absolute Gasteiger partial charge is 0.375 e. The summed E-state index contributed by atoms with van der Waals surface area (Å²) in [5, 5.41) is 3.37. The molecule has 19 heavy (non-hydrogen) atoms. The monoisotopic (exact) mass is 262 g/mol. The Morgan fingerprint density at radius 3 is 2.68 bits per heavy atom. The van der Waals surface area contributed by atoms with Crippen molar-refractivity contribution in [2.24, 2.45) is 0 Å². The molecule has 1 aliphatic carbocycles. The van der Waals surface area contributed by atoms with Crippen LogP contribution < -0.4 is 5.32 Å². The zero-order valence-corrected chi connectivity index (χ0v) is 12.2. The normalized spacial score (nSPS) is 15.1. The number of nitrogens with zero attached hydrogens (tertiary/aromatic N) is 1. The topological polar surface area (TPSA) is 24.5 Å². The summed E-state index contributed by atoms with van der Waals surface area (Å²) in [5.41, 5.74) is 2.65. The molecule has 1 N–H and O–H groups in total. The van der Waals surface area contributed by atoms with Crippen molar-refractivity contribution in [1.29, 1.82) is 0 Å². The number of benzene rings is 1. The Labute approximate surface area is 116 Å². The molecule has 0 aromatic heterocycles. The quantitative estimate of drug-likeness (QED) is 0.692. The fourth-order valence-corrected chi connectivity index (χ4v) is 2.22. The van der Waals surface area contributed by atoms with Crippen LogP contribution in [0.5, 0.6) is 0 Å². The van der Waals surface area contributed by atoms with Crippen molar-refractivity contribution in [1.82, 2.24) is 10.2 Å². The Morgan fingerprint density at radius 1 is 1.26 bits per heavy atom. The molecule has 106 valence electrons. The molecular weight excluding hydrogens is 236 g/mol. The summed E-state index contributed by atoms with van der Waals surface area (Å²) in [4.78, 5) is 2.41. The molecular formula is C16H26N2O. The standard InChI is InChI=1S/C16H26N2O/c1-3-17-12-14-6-4-5-7-15(14)13-19-11-10-18(2)16-8-9-16/h4-7,16-17H,3,8-13H2,1-2H3. The van der Waals surface area contributed by atoms with Gasteiger partial charge in [0.05, 0.1) is 13.2 Å². The molecule has 1 aromatic carbocycles. The second-order valence-corrected chi connectivity index (χ2v) is 5.31. The molecule has 1 fully saturated rings. The predicted octanol–water partition coefficient (Wildman–Crippen LogP) is 2.41. The molecule has 0 radical (unpaired) electrons. The highest BCUT2D eigenvalue weighted by Crippen LogP contribution is 2.24. The Hall–Kier alpha value is -0.900. The van der Waals surface area contributed by atoms with Crippen LogP contribution in [0.1, 0.15) is 30.9 Å². The van der Waals surface area contributed by atoms with Gasteiger partial charge in [0, 0.05) is 19.1 Å². The minimum atomic E-state index is 0.722. The maximum absolute atomic E-state index is 5.82. The molecule has 0 aliphatic heterocycles. The molecule has 1 saturated carbocycles. The van der Waals surface area contributed by atoms with Gasteiger partial charge in [-0.1, -0.05) is 31.2 Å². The lowest BCUT2D eigenvalue weighted by Gasteiger charge is -2.16. The van der Waals surface area contributed by atoms with Crippen LogP contribution in [-0.2, 0) is 17.9 Å². The van der Waals surface area contributed by atoms with Gasteiger partial charge in [-0.15, -0.1) is 0 Å². The molecule has 2 rings (SSSR count). The lowest BCUT2D eigenvalue weighted by Crippen LogP contribution is -2.25. The summed E-state index contributed by atoms with van der Waals surface area (Å²) in [5.74, 6) is 0. The fraction of sp³-hybridized carbons (Fsp3) is 0.625. The van der Waals surface area contributed by atoms with E-state index in [1.807, 2.05) is 0 Å². The van der Waals surface area contributed by atoms with Crippen molar-refractivity contribution < 1.29 is 4.74 Å².